The molecular weight excluding hydrogens is 342 g/mol. The van der Waals surface area contributed by atoms with Crippen LogP contribution in [0.5, 0.6) is 0 Å². The van der Waals surface area contributed by atoms with E-state index in [0.717, 1.165) is 21.5 Å². The predicted octanol–water partition coefficient (Wildman–Crippen LogP) is 4.88. The first-order valence-corrected chi connectivity index (χ1v) is 7.86. The molecule has 5 heteroatoms. The van der Waals surface area contributed by atoms with Gasteiger partial charge in [0, 0.05) is 15.6 Å². The van der Waals surface area contributed by atoms with E-state index in [1.807, 2.05) is 58.0 Å². The fourth-order valence-electron chi connectivity index (χ4n) is 1.77. The van der Waals surface area contributed by atoms with Gasteiger partial charge in [-0.15, -0.1) is 0 Å². The molecule has 1 aromatic heterocycles. The van der Waals surface area contributed by atoms with Crippen LogP contribution in [-0.4, -0.2) is 10.9 Å². The summed E-state index contributed by atoms with van der Waals surface area (Å²) in [4.78, 5) is 16.3. The van der Waals surface area contributed by atoms with Crippen molar-refractivity contribution in [3.05, 3.63) is 46.6 Å². The molecule has 0 bridgehead atoms. The molecule has 0 unspecified atom stereocenters. The molecule has 0 spiro atoms. The van der Waals surface area contributed by atoms with Crippen LogP contribution in [-0.2, 0) is 4.79 Å². The third kappa shape index (κ3) is 4.31. The van der Waals surface area contributed by atoms with Gasteiger partial charge in [0.2, 0.25) is 5.91 Å². The summed E-state index contributed by atoms with van der Waals surface area (Å²) in [6, 6.07) is 9.71. The van der Waals surface area contributed by atoms with Gasteiger partial charge < -0.3 is 10.6 Å². The van der Waals surface area contributed by atoms with Crippen LogP contribution >= 0.6 is 15.9 Å². The Morgan fingerprint density at radius 1 is 1.18 bits per heavy atom. The number of hydrogen-bond donors (Lipinski definition) is 2. The molecule has 116 valence electrons. The summed E-state index contributed by atoms with van der Waals surface area (Å²) in [7, 11) is 0. The highest BCUT2D eigenvalue weighted by atomic mass is 79.9. The molecule has 0 aliphatic rings. The van der Waals surface area contributed by atoms with E-state index in [4.69, 9.17) is 0 Å². The number of amides is 1. The zero-order valence-electron chi connectivity index (χ0n) is 13.2. The Morgan fingerprint density at radius 2 is 1.91 bits per heavy atom. The number of halogens is 1. The zero-order chi connectivity index (χ0) is 16.3. The lowest BCUT2D eigenvalue weighted by molar-refractivity contribution is -0.123. The third-order valence-electron chi connectivity index (χ3n) is 3.15. The average molecular weight is 362 g/mol. The van der Waals surface area contributed by atoms with Crippen LogP contribution in [0.2, 0.25) is 0 Å². The van der Waals surface area contributed by atoms with Gasteiger partial charge in [0.05, 0.1) is 11.9 Å². The molecule has 1 amide bonds. The van der Waals surface area contributed by atoms with Crippen LogP contribution in [0.15, 0.2) is 41.0 Å². The standard InChI is InChI=1S/C17H20BrN3O/c1-11-9-12(18)5-7-14(11)21-15-8-6-13(10-19-15)20-16(22)17(2,3)4/h5-10H,1-4H3,(H,19,21)(H,20,22). The maximum absolute atomic E-state index is 11.9. The highest BCUT2D eigenvalue weighted by Crippen LogP contribution is 2.24. The summed E-state index contributed by atoms with van der Waals surface area (Å²) < 4.78 is 1.05. The molecule has 1 aromatic carbocycles. The number of aryl methyl sites for hydroxylation is 1. The topological polar surface area (TPSA) is 54.0 Å². The van der Waals surface area contributed by atoms with Crippen molar-refractivity contribution in [3.63, 3.8) is 0 Å². The van der Waals surface area contributed by atoms with Crippen molar-refractivity contribution in [3.8, 4) is 0 Å². The number of nitrogens with one attached hydrogen (secondary N) is 2. The first kappa shape index (κ1) is 16.5. The lowest BCUT2D eigenvalue weighted by Crippen LogP contribution is -2.27. The summed E-state index contributed by atoms with van der Waals surface area (Å²) in [5, 5.41) is 6.12. The first-order valence-electron chi connectivity index (χ1n) is 7.06. The summed E-state index contributed by atoms with van der Waals surface area (Å²) in [5.74, 6) is 0.706. The molecule has 0 aliphatic heterocycles. The molecule has 0 aliphatic carbocycles. The Hall–Kier alpha value is -1.88. The molecule has 2 aromatic rings. The van der Waals surface area contributed by atoms with E-state index in [2.05, 4.69) is 31.5 Å². The van der Waals surface area contributed by atoms with Crippen LogP contribution in [0.1, 0.15) is 26.3 Å². The van der Waals surface area contributed by atoms with E-state index in [9.17, 15) is 4.79 Å². The van der Waals surface area contributed by atoms with Crippen molar-refractivity contribution in [2.45, 2.75) is 27.7 Å². The predicted molar refractivity (Wildman–Crippen MR) is 94.5 cm³/mol. The van der Waals surface area contributed by atoms with Crippen LogP contribution < -0.4 is 10.6 Å². The lowest BCUT2D eigenvalue weighted by atomic mass is 9.96. The molecule has 22 heavy (non-hydrogen) atoms. The Balaban J connectivity index is 2.07. The fraction of sp³-hybridized carbons (Fsp3) is 0.294. The Labute approximate surface area is 139 Å². The SMILES string of the molecule is Cc1cc(Br)ccc1Nc1ccc(NC(=O)C(C)(C)C)cn1. The van der Waals surface area contributed by atoms with Gasteiger partial charge in [-0.05, 0) is 42.8 Å². The fourth-order valence-corrected chi connectivity index (χ4v) is 2.24. The van der Waals surface area contributed by atoms with E-state index in [1.165, 1.54) is 0 Å². The van der Waals surface area contributed by atoms with Crippen LogP contribution in [0.25, 0.3) is 0 Å². The van der Waals surface area contributed by atoms with Gasteiger partial charge in [-0.2, -0.15) is 0 Å². The zero-order valence-corrected chi connectivity index (χ0v) is 14.8. The summed E-state index contributed by atoms with van der Waals surface area (Å²) >= 11 is 3.45. The molecule has 0 atom stereocenters. The molecule has 0 saturated carbocycles. The number of rotatable bonds is 3. The van der Waals surface area contributed by atoms with Gasteiger partial charge in [0.15, 0.2) is 0 Å². The number of hydrogen-bond acceptors (Lipinski definition) is 3. The third-order valence-corrected chi connectivity index (χ3v) is 3.65. The summed E-state index contributed by atoms with van der Waals surface area (Å²) in [6.45, 7) is 7.66. The van der Waals surface area contributed by atoms with E-state index in [1.54, 1.807) is 6.20 Å². The van der Waals surface area contributed by atoms with Crippen LogP contribution in [0, 0.1) is 12.3 Å². The van der Waals surface area contributed by atoms with Gasteiger partial charge in [0.1, 0.15) is 5.82 Å². The monoisotopic (exact) mass is 361 g/mol. The quantitative estimate of drug-likeness (QED) is 0.818. The number of carbonyl (C=O) groups excluding carboxylic acids is 1. The number of aromatic nitrogens is 1. The average Bonchev–Trinajstić information content (AvgIpc) is 2.43. The van der Waals surface area contributed by atoms with Crippen molar-refractivity contribution >= 4 is 39.0 Å². The van der Waals surface area contributed by atoms with Crippen molar-refractivity contribution in [1.29, 1.82) is 0 Å². The molecule has 4 nitrogen and oxygen atoms in total. The highest BCUT2D eigenvalue weighted by molar-refractivity contribution is 9.10. The molecule has 0 fully saturated rings. The normalized spacial score (nSPS) is 11.1. The van der Waals surface area contributed by atoms with Crippen molar-refractivity contribution in [2.24, 2.45) is 5.41 Å². The number of pyridine rings is 1. The summed E-state index contributed by atoms with van der Waals surface area (Å²) in [5.41, 5.74) is 2.40. The van der Waals surface area contributed by atoms with Gasteiger partial charge in [-0.3, -0.25) is 4.79 Å². The second-order valence-electron chi connectivity index (χ2n) is 6.22. The number of anilines is 3. The van der Waals surface area contributed by atoms with Crippen molar-refractivity contribution in [2.75, 3.05) is 10.6 Å². The number of carbonyl (C=O) groups is 1. The van der Waals surface area contributed by atoms with Crippen molar-refractivity contribution < 1.29 is 4.79 Å². The van der Waals surface area contributed by atoms with Gasteiger partial charge in [-0.25, -0.2) is 4.98 Å². The van der Waals surface area contributed by atoms with E-state index in [-0.39, 0.29) is 5.91 Å². The minimum Gasteiger partial charge on any atom is -0.340 e. The maximum Gasteiger partial charge on any atom is 0.229 e. The van der Waals surface area contributed by atoms with Gasteiger partial charge >= 0.3 is 0 Å². The first-order chi connectivity index (χ1) is 10.3. The molecule has 2 N–H and O–H groups in total. The summed E-state index contributed by atoms with van der Waals surface area (Å²) in [6.07, 6.45) is 1.65. The largest absolute Gasteiger partial charge is 0.340 e. The smallest absolute Gasteiger partial charge is 0.229 e. The van der Waals surface area contributed by atoms with Crippen molar-refractivity contribution in [1.82, 2.24) is 4.98 Å². The molecule has 1 heterocycles. The molecule has 0 saturated heterocycles. The van der Waals surface area contributed by atoms with E-state index in [0.29, 0.717) is 5.69 Å². The number of nitrogens with zero attached hydrogens (tertiary/aromatic N) is 1. The maximum atomic E-state index is 11.9. The minimum atomic E-state index is -0.425. The highest BCUT2D eigenvalue weighted by Gasteiger charge is 2.21. The van der Waals surface area contributed by atoms with E-state index >= 15 is 0 Å². The molecule has 0 radical (unpaired) electrons. The second kappa shape index (κ2) is 6.48. The second-order valence-corrected chi connectivity index (χ2v) is 7.14. The molecular formula is C17H20BrN3O. The van der Waals surface area contributed by atoms with E-state index < -0.39 is 5.41 Å². The van der Waals surface area contributed by atoms with Gasteiger partial charge in [0.25, 0.3) is 0 Å². The Bertz CT molecular complexity index is 675. The Morgan fingerprint density at radius 3 is 2.45 bits per heavy atom. The Kier molecular flexibility index (Phi) is 4.86. The van der Waals surface area contributed by atoms with Crippen LogP contribution in [0.3, 0.4) is 0 Å². The lowest BCUT2D eigenvalue weighted by Gasteiger charge is -2.17. The molecule has 2 rings (SSSR count). The van der Waals surface area contributed by atoms with Gasteiger partial charge in [-0.1, -0.05) is 36.7 Å². The minimum absolute atomic E-state index is 0.0289. The van der Waals surface area contributed by atoms with Crippen LogP contribution in [0.4, 0.5) is 17.2 Å². The number of benzene rings is 1.